The summed E-state index contributed by atoms with van der Waals surface area (Å²) >= 11 is 0. The number of nitriles is 1. The summed E-state index contributed by atoms with van der Waals surface area (Å²) in [5.41, 5.74) is 0.492. The van der Waals surface area contributed by atoms with Crippen molar-refractivity contribution in [3.63, 3.8) is 0 Å². The third-order valence-corrected chi connectivity index (χ3v) is 2.10. The van der Waals surface area contributed by atoms with Gasteiger partial charge in [0.1, 0.15) is 11.9 Å². The highest BCUT2D eigenvalue weighted by Crippen LogP contribution is 2.22. The number of ether oxygens (including phenoxy) is 1. The molecule has 0 bridgehead atoms. The predicted molar refractivity (Wildman–Crippen MR) is 44.9 cm³/mol. The maximum absolute atomic E-state index is 13.2. The summed E-state index contributed by atoms with van der Waals surface area (Å²) in [6, 6.07) is 6.17. The summed E-state index contributed by atoms with van der Waals surface area (Å²) in [5, 5.41) is 8.58. The molecule has 1 unspecified atom stereocenters. The minimum absolute atomic E-state index is 0.0426. The highest BCUT2D eigenvalue weighted by atomic mass is 19.1. The van der Waals surface area contributed by atoms with Gasteiger partial charge in [-0.2, -0.15) is 5.26 Å². The summed E-state index contributed by atoms with van der Waals surface area (Å²) < 4.78 is 17.9. The second-order valence-corrected chi connectivity index (χ2v) is 3.00. The van der Waals surface area contributed by atoms with E-state index in [1.54, 1.807) is 6.07 Å². The van der Waals surface area contributed by atoms with E-state index in [1.807, 2.05) is 6.07 Å². The monoisotopic (exact) mass is 191 g/mol. The number of rotatable bonds is 0. The van der Waals surface area contributed by atoms with Crippen LogP contribution in [-0.4, -0.2) is 12.1 Å². The predicted octanol–water partition coefficient (Wildman–Crippen LogP) is 1.43. The second kappa shape index (κ2) is 3.11. The van der Waals surface area contributed by atoms with E-state index in [9.17, 15) is 9.18 Å². The summed E-state index contributed by atoms with van der Waals surface area (Å²) in [5.74, 6) is -1.35. The Morgan fingerprint density at radius 2 is 2.36 bits per heavy atom. The topological polar surface area (TPSA) is 50.1 Å². The quantitative estimate of drug-likeness (QED) is 0.583. The van der Waals surface area contributed by atoms with E-state index in [0.29, 0.717) is 5.56 Å². The Hall–Kier alpha value is -1.89. The van der Waals surface area contributed by atoms with Crippen molar-refractivity contribution in [2.45, 2.75) is 12.5 Å². The van der Waals surface area contributed by atoms with Crippen LogP contribution in [0.25, 0.3) is 0 Å². The van der Waals surface area contributed by atoms with E-state index in [4.69, 9.17) is 10.00 Å². The van der Waals surface area contributed by atoms with Crippen LogP contribution in [0.4, 0.5) is 4.39 Å². The van der Waals surface area contributed by atoms with E-state index in [-0.39, 0.29) is 12.0 Å². The molecule has 1 heterocycles. The standard InChI is InChI=1S/C10H6FNO2/c11-8-3-1-2-6-4-7(5-12)14-10(13)9(6)8/h1-3,7H,4H2. The van der Waals surface area contributed by atoms with Crippen molar-refractivity contribution < 1.29 is 13.9 Å². The van der Waals surface area contributed by atoms with Gasteiger partial charge in [0.2, 0.25) is 0 Å². The zero-order valence-electron chi connectivity index (χ0n) is 7.16. The van der Waals surface area contributed by atoms with E-state index in [0.717, 1.165) is 0 Å². The number of carbonyl (C=O) groups is 1. The van der Waals surface area contributed by atoms with Gasteiger partial charge in [0.25, 0.3) is 0 Å². The Bertz CT molecular complexity index is 436. The molecule has 0 N–H and O–H groups in total. The minimum atomic E-state index is -0.795. The molecule has 0 amide bonds. The molecule has 1 atom stereocenters. The van der Waals surface area contributed by atoms with Gasteiger partial charge in [0, 0.05) is 6.42 Å². The fourth-order valence-corrected chi connectivity index (χ4v) is 1.47. The largest absolute Gasteiger partial charge is 0.443 e. The van der Waals surface area contributed by atoms with Crippen LogP contribution in [0.1, 0.15) is 15.9 Å². The van der Waals surface area contributed by atoms with Gasteiger partial charge in [-0.05, 0) is 11.6 Å². The molecule has 0 radical (unpaired) electrons. The molecule has 0 fully saturated rings. The fourth-order valence-electron chi connectivity index (χ4n) is 1.47. The molecule has 0 saturated heterocycles. The molecule has 14 heavy (non-hydrogen) atoms. The number of fused-ring (bicyclic) bond motifs is 1. The van der Waals surface area contributed by atoms with E-state index in [1.165, 1.54) is 12.1 Å². The third kappa shape index (κ3) is 1.23. The van der Waals surface area contributed by atoms with Gasteiger partial charge in [0.05, 0.1) is 5.56 Å². The van der Waals surface area contributed by atoms with Crippen molar-refractivity contribution in [2.75, 3.05) is 0 Å². The van der Waals surface area contributed by atoms with Gasteiger partial charge in [-0.1, -0.05) is 12.1 Å². The number of hydrogen-bond donors (Lipinski definition) is 0. The summed E-state index contributed by atoms with van der Waals surface area (Å²) in [6.07, 6.45) is -0.535. The zero-order chi connectivity index (χ0) is 10.1. The van der Waals surface area contributed by atoms with Gasteiger partial charge in [-0.3, -0.25) is 0 Å². The molecule has 1 aliphatic rings. The van der Waals surface area contributed by atoms with Gasteiger partial charge >= 0.3 is 5.97 Å². The summed E-state index contributed by atoms with van der Waals surface area (Å²) in [6.45, 7) is 0. The van der Waals surface area contributed by atoms with Gasteiger partial charge < -0.3 is 4.74 Å². The third-order valence-electron chi connectivity index (χ3n) is 2.10. The van der Waals surface area contributed by atoms with Gasteiger partial charge in [-0.15, -0.1) is 0 Å². The molecule has 1 aromatic rings. The molecule has 2 rings (SSSR count). The van der Waals surface area contributed by atoms with Crippen LogP contribution in [0.2, 0.25) is 0 Å². The van der Waals surface area contributed by atoms with E-state index >= 15 is 0 Å². The van der Waals surface area contributed by atoms with Crippen LogP contribution < -0.4 is 0 Å². The first-order valence-corrected chi connectivity index (χ1v) is 4.10. The lowest BCUT2D eigenvalue weighted by Gasteiger charge is -2.19. The average molecular weight is 191 g/mol. The Morgan fingerprint density at radius 1 is 1.57 bits per heavy atom. The lowest BCUT2D eigenvalue weighted by Crippen LogP contribution is -2.27. The van der Waals surface area contributed by atoms with Crippen LogP contribution in [0.5, 0.6) is 0 Å². The van der Waals surface area contributed by atoms with Crippen molar-refractivity contribution in [2.24, 2.45) is 0 Å². The van der Waals surface area contributed by atoms with E-state index < -0.39 is 17.9 Å². The highest BCUT2D eigenvalue weighted by molar-refractivity contribution is 5.92. The minimum Gasteiger partial charge on any atom is -0.443 e. The maximum Gasteiger partial charge on any atom is 0.342 e. The molecule has 0 aliphatic carbocycles. The van der Waals surface area contributed by atoms with Crippen LogP contribution in [0.3, 0.4) is 0 Å². The number of benzene rings is 1. The lowest BCUT2D eigenvalue weighted by molar-refractivity contribution is 0.0364. The Kier molecular flexibility index (Phi) is 1.93. The molecule has 4 heteroatoms. The normalized spacial score (nSPS) is 19.4. The molecule has 0 saturated carbocycles. The SMILES string of the molecule is N#CC1Cc2cccc(F)c2C(=O)O1. The molecule has 1 aromatic carbocycles. The molecular weight excluding hydrogens is 185 g/mol. The van der Waals surface area contributed by atoms with Crippen LogP contribution in [0.15, 0.2) is 18.2 Å². The number of halogens is 1. The first-order chi connectivity index (χ1) is 6.72. The molecule has 1 aliphatic heterocycles. The number of carbonyl (C=O) groups excluding carboxylic acids is 1. The van der Waals surface area contributed by atoms with Gasteiger partial charge in [0.15, 0.2) is 6.10 Å². The van der Waals surface area contributed by atoms with Crippen molar-refractivity contribution >= 4 is 5.97 Å². The van der Waals surface area contributed by atoms with Crippen molar-refractivity contribution in [3.05, 3.63) is 35.1 Å². The second-order valence-electron chi connectivity index (χ2n) is 3.00. The average Bonchev–Trinajstić information content (AvgIpc) is 2.17. The first-order valence-electron chi connectivity index (χ1n) is 4.10. The smallest absolute Gasteiger partial charge is 0.342 e. The van der Waals surface area contributed by atoms with Crippen molar-refractivity contribution in [3.8, 4) is 6.07 Å². The number of hydrogen-bond acceptors (Lipinski definition) is 3. The molecule has 3 nitrogen and oxygen atoms in total. The summed E-state index contributed by atoms with van der Waals surface area (Å²) in [7, 11) is 0. The Morgan fingerprint density at radius 3 is 3.07 bits per heavy atom. The van der Waals surface area contributed by atoms with E-state index in [2.05, 4.69) is 0 Å². The maximum atomic E-state index is 13.2. The van der Waals surface area contributed by atoms with Gasteiger partial charge in [-0.25, -0.2) is 9.18 Å². The lowest BCUT2D eigenvalue weighted by atomic mass is 9.99. The fraction of sp³-hybridized carbons (Fsp3) is 0.200. The summed E-state index contributed by atoms with van der Waals surface area (Å²) in [4.78, 5) is 11.3. The zero-order valence-corrected chi connectivity index (χ0v) is 7.16. The van der Waals surface area contributed by atoms with Crippen LogP contribution in [-0.2, 0) is 11.2 Å². The molecule has 0 aromatic heterocycles. The molecular formula is C10H6FNO2. The Balaban J connectivity index is 2.51. The molecule has 0 spiro atoms. The highest BCUT2D eigenvalue weighted by Gasteiger charge is 2.28. The van der Waals surface area contributed by atoms with Crippen LogP contribution >= 0.6 is 0 Å². The van der Waals surface area contributed by atoms with Crippen LogP contribution in [0, 0.1) is 17.1 Å². The number of esters is 1. The molecule has 70 valence electrons. The van der Waals surface area contributed by atoms with Crippen molar-refractivity contribution in [1.29, 1.82) is 5.26 Å². The first kappa shape index (κ1) is 8.70. The van der Waals surface area contributed by atoms with Crippen molar-refractivity contribution in [1.82, 2.24) is 0 Å². The Labute approximate surface area is 79.7 Å². The number of cyclic esters (lactones) is 1. The number of nitrogens with zero attached hydrogens (tertiary/aromatic N) is 1.